The lowest BCUT2D eigenvalue weighted by Gasteiger charge is -1.93. The van der Waals surface area contributed by atoms with Gasteiger partial charge in [-0.25, -0.2) is 0 Å². The van der Waals surface area contributed by atoms with Gasteiger partial charge in [0.1, 0.15) is 6.29 Å². The minimum atomic E-state index is 0.646. The summed E-state index contributed by atoms with van der Waals surface area (Å²) in [7, 11) is 3.13. The van der Waals surface area contributed by atoms with Crippen molar-refractivity contribution in [3.63, 3.8) is 0 Å². The van der Waals surface area contributed by atoms with Gasteiger partial charge in [0.2, 0.25) is 0 Å². The van der Waals surface area contributed by atoms with Gasteiger partial charge in [0.15, 0.2) is 0 Å². The first-order valence-electron chi connectivity index (χ1n) is 6.46. The van der Waals surface area contributed by atoms with Gasteiger partial charge in [-0.15, -0.1) is 8.58 Å². The summed E-state index contributed by atoms with van der Waals surface area (Å²) in [5, 5.41) is 3.11. The molecule has 106 valence electrons. The number of carbonyl (C=O) groups excluding carboxylic acids is 1. The van der Waals surface area contributed by atoms with Crippen LogP contribution >= 0.6 is 8.58 Å². The second-order valence-electron chi connectivity index (χ2n) is 3.08. The Labute approximate surface area is 115 Å². The summed E-state index contributed by atoms with van der Waals surface area (Å²) in [6, 6.07) is 0. The van der Waals surface area contributed by atoms with E-state index >= 15 is 0 Å². The monoisotopic (exact) mass is 271 g/mol. The van der Waals surface area contributed by atoms with Gasteiger partial charge in [-0.1, -0.05) is 44.7 Å². The first kappa shape index (κ1) is 22.5. The highest BCUT2D eigenvalue weighted by atomic mass is 31.1. The Kier molecular flexibility index (Phi) is 31.5. The molecule has 0 bridgehead atoms. The van der Waals surface area contributed by atoms with E-state index in [0.29, 0.717) is 5.57 Å². The van der Waals surface area contributed by atoms with Crippen LogP contribution in [0.3, 0.4) is 0 Å². The molecule has 0 saturated heterocycles. The van der Waals surface area contributed by atoms with Crippen molar-refractivity contribution >= 4 is 14.9 Å². The summed E-state index contributed by atoms with van der Waals surface area (Å²) in [5.41, 5.74) is 0.646. The van der Waals surface area contributed by atoms with Crippen LogP contribution in [0.15, 0.2) is 36.5 Å². The fourth-order valence-electron chi connectivity index (χ4n) is 0.905. The lowest BCUT2D eigenvalue weighted by atomic mass is 10.2. The van der Waals surface area contributed by atoms with Gasteiger partial charge in [-0.3, -0.25) is 4.79 Å². The largest absolute Gasteiger partial charge is 0.320 e. The summed E-state index contributed by atoms with van der Waals surface area (Å²) in [4.78, 5) is 10.1. The zero-order chi connectivity index (χ0) is 14.6. The van der Waals surface area contributed by atoms with Crippen LogP contribution < -0.4 is 5.32 Å². The SMILES string of the molecule is C=C/C=C(C=O)\C=C/C.CC.CNCCCPC. The molecule has 18 heavy (non-hydrogen) atoms. The Bertz CT molecular complexity index is 219. The number of nitrogens with one attached hydrogen (secondary N) is 1. The van der Waals surface area contributed by atoms with Crippen molar-refractivity contribution in [2.24, 2.45) is 0 Å². The van der Waals surface area contributed by atoms with E-state index in [-0.39, 0.29) is 0 Å². The molecule has 0 fully saturated rings. The summed E-state index contributed by atoms with van der Waals surface area (Å²) < 4.78 is 0. The third-order valence-corrected chi connectivity index (χ3v) is 2.51. The highest BCUT2D eigenvalue weighted by Crippen LogP contribution is 2.01. The Morgan fingerprint density at radius 1 is 1.39 bits per heavy atom. The number of hydrogen-bond acceptors (Lipinski definition) is 2. The third kappa shape index (κ3) is 24.5. The molecular formula is C15H30NOP. The highest BCUT2D eigenvalue weighted by Gasteiger charge is 1.81. The van der Waals surface area contributed by atoms with Crippen molar-refractivity contribution < 1.29 is 4.79 Å². The standard InChI is InChI=1S/C8H10O.C5H14NP.C2H6/c1-3-5-8(7-9)6-4-2;1-6-4-3-5-7-2;1-2/h3-7H,1H2,2H3;6-7H,3-5H2,1-2H3;1-2H3/b6-4-,8-5+;;. The van der Waals surface area contributed by atoms with E-state index in [1.165, 1.54) is 19.1 Å². The van der Waals surface area contributed by atoms with Gasteiger partial charge in [0.05, 0.1) is 0 Å². The first-order chi connectivity index (χ1) is 8.76. The molecule has 0 aromatic carbocycles. The molecule has 1 N–H and O–H groups in total. The van der Waals surface area contributed by atoms with Crippen LogP contribution in [0.25, 0.3) is 0 Å². The van der Waals surface area contributed by atoms with Crippen LogP contribution in [0.1, 0.15) is 27.2 Å². The van der Waals surface area contributed by atoms with E-state index in [0.717, 1.165) is 14.9 Å². The van der Waals surface area contributed by atoms with E-state index in [1.807, 2.05) is 33.9 Å². The Morgan fingerprint density at radius 2 is 2.00 bits per heavy atom. The molecule has 0 amide bonds. The van der Waals surface area contributed by atoms with Crippen molar-refractivity contribution in [3.8, 4) is 0 Å². The lowest BCUT2D eigenvalue weighted by Crippen LogP contribution is -2.07. The molecule has 0 aromatic rings. The molecular weight excluding hydrogens is 241 g/mol. The van der Waals surface area contributed by atoms with E-state index < -0.39 is 0 Å². The quantitative estimate of drug-likeness (QED) is 0.251. The van der Waals surface area contributed by atoms with Crippen molar-refractivity contribution in [2.75, 3.05) is 26.4 Å². The van der Waals surface area contributed by atoms with Crippen molar-refractivity contribution in [1.29, 1.82) is 0 Å². The van der Waals surface area contributed by atoms with Crippen molar-refractivity contribution in [1.82, 2.24) is 5.32 Å². The predicted octanol–water partition coefficient (Wildman–Crippen LogP) is 3.80. The summed E-state index contributed by atoms with van der Waals surface area (Å²) >= 11 is 0. The summed E-state index contributed by atoms with van der Waals surface area (Å²) in [5.74, 6) is 0. The van der Waals surface area contributed by atoms with Gasteiger partial charge in [0.25, 0.3) is 0 Å². The minimum absolute atomic E-state index is 0.646. The van der Waals surface area contributed by atoms with Crippen LogP contribution in [0.4, 0.5) is 0 Å². The average molecular weight is 271 g/mol. The molecule has 0 heterocycles. The van der Waals surface area contributed by atoms with Gasteiger partial charge in [0, 0.05) is 5.57 Å². The molecule has 0 aliphatic heterocycles. The summed E-state index contributed by atoms with van der Waals surface area (Å²) in [6.07, 6.45) is 10.3. The van der Waals surface area contributed by atoms with Crippen LogP contribution in [0.5, 0.6) is 0 Å². The highest BCUT2D eigenvalue weighted by molar-refractivity contribution is 7.36. The minimum Gasteiger partial charge on any atom is -0.320 e. The van der Waals surface area contributed by atoms with E-state index in [9.17, 15) is 4.79 Å². The normalized spacial score (nSPS) is 10.6. The average Bonchev–Trinajstić information content (AvgIpc) is 2.42. The van der Waals surface area contributed by atoms with Gasteiger partial charge in [-0.2, -0.15) is 0 Å². The van der Waals surface area contributed by atoms with Crippen LogP contribution in [0.2, 0.25) is 0 Å². The van der Waals surface area contributed by atoms with E-state index in [4.69, 9.17) is 0 Å². The molecule has 3 heteroatoms. The van der Waals surface area contributed by atoms with Crippen LogP contribution in [0, 0.1) is 0 Å². The molecule has 2 nitrogen and oxygen atoms in total. The predicted molar refractivity (Wildman–Crippen MR) is 88.2 cm³/mol. The maximum atomic E-state index is 10.1. The van der Waals surface area contributed by atoms with Crippen molar-refractivity contribution in [3.05, 3.63) is 36.5 Å². The maximum Gasteiger partial charge on any atom is 0.150 e. The van der Waals surface area contributed by atoms with Gasteiger partial charge >= 0.3 is 0 Å². The fraction of sp³-hybridized carbons (Fsp3) is 0.533. The molecule has 1 atom stereocenters. The fourth-order valence-corrected chi connectivity index (χ4v) is 1.43. The number of aldehydes is 1. The summed E-state index contributed by atoms with van der Waals surface area (Å²) in [6.45, 7) is 12.8. The Balaban J connectivity index is -0.000000225. The topological polar surface area (TPSA) is 29.1 Å². The molecule has 0 saturated carbocycles. The molecule has 0 aliphatic carbocycles. The zero-order valence-corrected chi connectivity index (χ0v) is 13.6. The number of allylic oxidation sites excluding steroid dienone is 5. The molecule has 1 unspecified atom stereocenters. The Hall–Kier alpha value is -0.720. The number of hydrogen-bond donors (Lipinski definition) is 1. The van der Waals surface area contributed by atoms with E-state index in [1.54, 1.807) is 18.2 Å². The second kappa shape index (κ2) is 25.2. The third-order valence-electron chi connectivity index (χ3n) is 1.66. The molecule has 0 aliphatic rings. The molecule has 0 aromatic heterocycles. The molecule has 0 radical (unpaired) electrons. The van der Waals surface area contributed by atoms with Gasteiger partial charge in [-0.05, 0) is 39.8 Å². The number of rotatable bonds is 7. The molecule has 0 spiro atoms. The van der Waals surface area contributed by atoms with E-state index in [2.05, 4.69) is 18.6 Å². The Morgan fingerprint density at radius 3 is 2.33 bits per heavy atom. The molecule has 0 rings (SSSR count). The lowest BCUT2D eigenvalue weighted by molar-refractivity contribution is -0.104. The van der Waals surface area contributed by atoms with Crippen LogP contribution in [-0.2, 0) is 4.79 Å². The zero-order valence-electron chi connectivity index (χ0n) is 12.6. The first-order valence-corrected chi connectivity index (χ1v) is 8.17. The second-order valence-corrected chi connectivity index (χ2v) is 4.29. The number of carbonyl (C=O) groups is 1. The van der Waals surface area contributed by atoms with Crippen LogP contribution in [-0.4, -0.2) is 32.7 Å². The van der Waals surface area contributed by atoms with Gasteiger partial charge < -0.3 is 5.32 Å². The smallest absolute Gasteiger partial charge is 0.150 e. The van der Waals surface area contributed by atoms with Crippen molar-refractivity contribution in [2.45, 2.75) is 27.2 Å². The maximum absolute atomic E-state index is 10.1.